The Hall–Kier alpha value is -3.41. The summed E-state index contributed by atoms with van der Waals surface area (Å²) in [5, 5.41) is 9.86. The lowest BCUT2D eigenvalue weighted by Crippen LogP contribution is -2.20. The van der Waals surface area contributed by atoms with Crippen LogP contribution < -0.4 is 10.2 Å². The van der Waals surface area contributed by atoms with Gasteiger partial charge in [-0.2, -0.15) is 5.10 Å². The standard InChI is InChI=1S/C20H18N4O2/c1-24-18-8-7-15(10-14(18)11-19(24)25)21-20(26)17-12-16(22-23-17)9-13-5-3-2-4-6-13/h2-8,10,12H,9,11H2,1H3,(H,21,26)(H,22,23). The number of H-pyrrole nitrogens is 1. The second kappa shape index (κ2) is 6.48. The second-order valence-corrected chi connectivity index (χ2v) is 6.37. The summed E-state index contributed by atoms with van der Waals surface area (Å²) in [5.74, 6) is -0.223. The fraction of sp³-hybridized carbons (Fsp3) is 0.150. The van der Waals surface area contributed by atoms with Gasteiger partial charge in [0.1, 0.15) is 0 Å². The number of aromatic nitrogens is 2. The molecular formula is C20H18N4O2. The first-order valence-corrected chi connectivity index (χ1v) is 8.39. The minimum atomic E-state index is -0.279. The van der Waals surface area contributed by atoms with Crippen LogP contribution in [0.25, 0.3) is 0 Å². The Morgan fingerprint density at radius 1 is 1.19 bits per heavy atom. The number of nitrogens with zero attached hydrogens (tertiary/aromatic N) is 2. The zero-order valence-electron chi connectivity index (χ0n) is 14.3. The summed E-state index contributed by atoms with van der Waals surface area (Å²) in [7, 11) is 1.75. The largest absolute Gasteiger partial charge is 0.321 e. The zero-order chi connectivity index (χ0) is 18.1. The van der Waals surface area contributed by atoms with Crippen molar-refractivity contribution >= 4 is 23.2 Å². The van der Waals surface area contributed by atoms with Crippen LogP contribution in [0.15, 0.2) is 54.6 Å². The molecule has 0 saturated heterocycles. The second-order valence-electron chi connectivity index (χ2n) is 6.37. The SMILES string of the molecule is CN1C(=O)Cc2cc(NC(=O)c3cc(Cc4ccccc4)[nH]n3)ccc21. The van der Waals surface area contributed by atoms with Gasteiger partial charge in [-0.3, -0.25) is 14.7 Å². The van der Waals surface area contributed by atoms with Crippen molar-refractivity contribution in [2.24, 2.45) is 0 Å². The van der Waals surface area contributed by atoms with E-state index >= 15 is 0 Å². The maximum atomic E-state index is 12.4. The molecular weight excluding hydrogens is 328 g/mol. The fourth-order valence-corrected chi connectivity index (χ4v) is 3.13. The highest BCUT2D eigenvalue weighted by Crippen LogP contribution is 2.30. The molecule has 0 radical (unpaired) electrons. The maximum absolute atomic E-state index is 12.4. The van der Waals surface area contributed by atoms with Crippen LogP contribution in [0.5, 0.6) is 0 Å². The van der Waals surface area contributed by atoms with E-state index in [0.717, 1.165) is 22.5 Å². The first-order chi connectivity index (χ1) is 12.6. The van der Waals surface area contributed by atoms with Crippen molar-refractivity contribution in [3.05, 3.63) is 77.1 Å². The van der Waals surface area contributed by atoms with Gasteiger partial charge in [0.25, 0.3) is 5.91 Å². The molecule has 2 amide bonds. The quantitative estimate of drug-likeness (QED) is 0.762. The molecule has 2 N–H and O–H groups in total. The molecule has 1 aliphatic rings. The summed E-state index contributed by atoms with van der Waals surface area (Å²) < 4.78 is 0. The third kappa shape index (κ3) is 3.09. The van der Waals surface area contributed by atoms with Gasteiger partial charge in [-0.25, -0.2) is 0 Å². The number of carbonyl (C=O) groups is 2. The van der Waals surface area contributed by atoms with Gasteiger partial charge < -0.3 is 10.2 Å². The third-order valence-electron chi connectivity index (χ3n) is 4.52. The molecule has 6 nitrogen and oxygen atoms in total. The molecule has 0 aliphatic carbocycles. The highest BCUT2D eigenvalue weighted by atomic mass is 16.2. The van der Waals surface area contributed by atoms with Gasteiger partial charge in [-0.1, -0.05) is 30.3 Å². The topological polar surface area (TPSA) is 78.1 Å². The molecule has 130 valence electrons. The monoisotopic (exact) mass is 346 g/mol. The molecule has 0 spiro atoms. The number of nitrogens with one attached hydrogen (secondary N) is 2. The number of fused-ring (bicyclic) bond motifs is 1. The molecule has 2 heterocycles. The zero-order valence-corrected chi connectivity index (χ0v) is 14.3. The maximum Gasteiger partial charge on any atom is 0.276 e. The molecule has 6 heteroatoms. The molecule has 1 aliphatic heterocycles. The van der Waals surface area contributed by atoms with Crippen molar-refractivity contribution in [1.29, 1.82) is 0 Å². The number of hydrogen-bond donors (Lipinski definition) is 2. The van der Waals surface area contributed by atoms with Crippen LogP contribution in [-0.4, -0.2) is 29.1 Å². The van der Waals surface area contributed by atoms with Gasteiger partial charge in [0, 0.05) is 30.5 Å². The Bertz CT molecular complexity index is 978. The first-order valence-electron chi connectivity index (χ1n) is 8.39. The molecule has 0 fully saturated rings. The van der Waals surface area contributed by atoms with Gasteiger partial charge in [0.05, 0.1) is 6.42 Å². The van der Waals surface area contributed by atoms with Crippen LogP contribution in [-0.2, 0) is 17.6 Å². The number of aromatic amines is 1. The molecule has 4 rings (SSSR count). The Morgan fingerprint density at radius 2 is 2.00 bits per heavy atom. The number of benzene rings is 2. The van der Waals surface area contributed by atoms with Gasteiger partial charge in [0.15, 0.2) is 5.69 Å². The molecule has 0 unspecified atom stereocenters. The Balaban J connectivity index is 1.46. The van der Waals surface area contributed by atoms with Crippen LogP contribution in [0.2, 0.25) is 0 Å². The lowest BCUT2D eigenvalue weighted by Gasteiger charge is -2.10. The minimum absolute atomic E-state index is 0.0568. The van der Waals surface area contributed by atoms with E-state index in [1.54, 1.807) is 24.1 Å². The Labute approximate surface area is 150 Å². The first kappa shape index (κ1) is 16.1. The van der Waals surface area contributed by atoms with Gasteiger partial charge in [-0.05, 0) is 35.4 Å². The highest BCUT2D eigenvalue weighted by molar-refractivity contribution is 6.04. The van der Waals surface area contributed by atoms with Crippen LogP contribution in [0, 0.1) is 0 Å². The van der Waals surface area contributed by atoms with E-state index in [-0.39, 0.29) is 11.8 Å². The number of carbonyl (C=O) groups excluding carboxylic acids is 2. The van der Waals surface area contributed by atoms with E-state index in [1.165, 1.54) is 0 Å². The van der Waals surface area contributed by atoms with E-state index in [9.17, 15) is 9.59 Å². The minimum Gasteiger partial charge on any atom is -0.321 e. The molecule has 26 heavy (non-hydrogen) atoms. The average molecular weight is 346 g/mol. The van der Waals surface area contributed by atoms with Gasteiger partial charge in [0.2, 0.25) is 5.91 Å². The van der Waals surface area contributed by atoms with Gasteiger partial charge >= 0.3 is 0 Å². The lowest BCUT2D eigenvalue weighted by molar-refractivity contribution is -0.117. The smallest absolute Gasteiger partial charge is 0.276 e. The summed E-state index contributed by atoms with van der Waals surface area (Å²) in [4.78, 5) is 25.8. The summed E-state index contributed by atoms with van der Waals surface area (Å²) >= 11 is 0. The van der Waals surface area contributed by atoms with E-state index in [0.29, 0.717) is 24.2 Å². The summed E-state index contributed by atoms with van der Waals surface area (Å²) in [5.41, 5.74) is 4.83. The number of amides is 2. The fourth-order valence-electron chi connectivity index (χ4n) is 3.13. The summed E-state index contributed by atoms with van der Waals surface area (Å²) in [6, 6.07) is 17.2. The van der Waals surface area contributed by atoms with Crippen molar-refractivity contribution in [2.45, 2.75) is 12.8 Å². The number of rotatable bonds is 4. The Kier molecular flexibility index (Phi) is 4.01. The van der Waals surface area contributed by atoms with Crippen LogP contribution in [0.3, 0.4) is 0 Å². The molecule has 2 aromatic carbocycles. The van der Waals surface area contributed by atoms with Crippen LogP contribution >= 0.6 is 0 Å². The number of likely N-dealkylation sites (N-methyl/N-ethyl adjacent to an activating group) is 1. The number of anilines is 2. The third-order valence-corrected chi connectivity index (χ3v) is 4.52. The van der Waals surface area contributed by atoms with E-state index in [1.807, 2.05) is 42.5 Å². The average Bonchev–Trinajstić information content (AvgIpc) is 3.21. The van der Waals surface area contributed by atoms with Crippen molar-refractivity contribution in [3.63, 3.8) is 0 Å². The van der Waals surface area contributed by atoms with Crippen molar-refractivity contribution < 1.29 is 9.59 Å². The van der Waals surface area contributed by atoms with Crippen molar-refractivity contribution in [3.8, 4) is 0 Å². The van der Waals surface area contributed by atoms with Crippen LogP contribution in [0.1, 0.15) is 27.3 Å². The van der Waals surface area contributed by atoms with Gasteiger partial charge in [-0.15, -0.1) is 0 Å². The molecule has 3 aromatic rings. The van der Waals surface area contributed by atoms with E-state index in [4.69, 9.17) is 0 Å². The van der Waals surface area contributed by atoms with Crippen molar-refractivity contribution in [2.75, 3.05) is 17.3 Å². The number of hydrogen-bond acceptors (Lipinski definition) is 3. The summed E-state index contributed by atoms with van der Waals surface area (Å²) in [6.07, 6.45) is 1.05. The molecule has 0 saturated carbocycles. The summed E-state index contributed by atoms with van der Waals surface area (Å²) in [6.45, 7) is 0. The Morgan fingerprint density at radius 3 is 2.81 bits per heavy atom. The highest BCUT2D eigenvalue weighted by Gasteiger charge is 2.24. The normalized spacial score (nSPS) is 13.0. The van der Waals surface area contributed by atoms with E-state index < -0.39 is 0 Å². The molecule has 0 atom stereocenters. The van der Waals surface area contributed by atoms with Crippen molar-refractivity contribution in [1.82, 2.24) is 10.2 Å². The predicted molar refractivity (Wildman–Crippen MR) is 99.3 cm³/mol. The van der Waals surface area contributed by atoms with Crippen LogP contribution in [0.4, 0.5) is 11.4 Å². The van der Waals surface area contributed by atoms with E-state index in [2.05, 4.69) is 15.5 Å². The molecule has 0 bridgehead atoms. The lowest BCUT2D eigenvalue weighted by atomic mass is 10.1. The molecule has 1 aromatic heterocycles. The predicted octanol–water partition coefficient (Wildman–Crippen LogP) is 2.77.